The molecule has 0 atom stereocenters. The molecule has 0 unspecified atom stereocenters. The van der Waals surface area contributed by atoms with E-state index in [1.54, 1.807) is 12.1 Å². The number of hydrogen-bond donors (Lipinski definition) is 2. The van der Waals surface area contributed by atoms with Gasteiger partial charge >= 0.3 is 0 Å². The summed E-state index contributed by atoms with van der Waals surface area (Å²) in [7, 11) is 0. The van der Waals surface area contributed by atoms with Gasteiger partial charge in [0, 0.05) is 11.8 Å². The van der Waals surface area contributed by atoms with Crippen molar-refractivity contribution in [2.45, 2.75) is 5.75 Å². The first-order valence-electron chi connectivity index (χ1n) is 5.85. The molecule has 5 nitrogen and oxygen atoms in total. The summed E-state index contributed by atoms with van der Waals surface area (Å²) in [6, 6.07) is 5.86. The standard InChI is InChI=1S/C13H11Cl2N3O2S/c1-21-6-11-17-10(5-12(19)18-11)13(20)16-7-2-3-8(14)9(15)4-7/h2-5H,6H2,1H3,(H,16,20)(H,17,18,19). The van der Waals surface area contributed by atoms with E-state index in [2.05, 4.69) is 15.3 Å². The first-order valence-corrected chi connectivity index (χ1v) is 8.00. The van der Waals surface area contributed by atoms with Crippen molar-refractivity contribution in [2.75, 3.05) is 11.6 Å². The van der Waals surface area contributed by atoms with Crippen LogP contribution in [0.1, 0.15) is 16.3 Å². The van der Waals surface area contributed by atoms with Crippen LogP contribution in [-0.2, 0) is 5.75 Å². The van der Waals surface area contributed by atoms with Gasteiger partial charge in [-0.05, 0) is 24.5 Å². The topological polar surface area (TPSA) is 74.8 Å². The Bertz CT molecular complexity index is 734. The number of anilines is 1. The van der Waals surface area contributed by atoms with Gasteiger partial charge in [0.25, 0.3) is 11.5 Å². The number of H-pyrrole nitrogens is 1. The highest BCUT2D eigenvalue weighted by molar-refractivity contribution is 7.97. The number of thioether (sulfide) groups is 1. The molecule has 1 aromatic heterocycles. The van der Waals surface area contributed by atoms with E-state index in [0.29, 0.717) is 27.3 Å². The van der Waals surface area contributed by atoms with Crippen molar-refractivity contribution in [3.8, 4) is 0 Å². The number of halogens is 2. The van der Waals surface area contributed by atoms with Crippen LogP contribution in [0.5, 0.6) is 0 Å². The first-order chi connectivity index (χ1) is 9.99. The number of aromatic amines is 1. The number of aromatic nitrogens is 2. The summed E-state index contributed by atoms with van der Waals surface area (Å²) in [5.41, 5.74) is 0.158. The second-order valence-electron chi connectivity index (χ2n) is 4.09. The summed E-state index contributed by atoms with van der Waals surface area (Å²) < 4.78 is 0. The summed E-state index contributed by atoms with van der Waals surface area (Å²) >= 11 is 13.2. The third-order valence-electron chi connectivity index (χ3n) is 2.48. The zero-order chi connectivity index (χ0) is 15.4. The molecule has 0 saturated heterocycles. The average molecular weight is 344 g/mol. The number of rotatable bonds is 4. The zero-order valence-electron chi connectivity index (χ0n) is 10.9. The lowest BCUT2D eigenvalue weighted by Crippen LogP contribution is -2.20. The Morgan fingerprint density at radius 2 is 2.10 bits per heavy atom. The van der Waals surface area contributed by atoms with Crippen molar-refractivity contribution in [3.63, 3.8) is 0 Å². The number of amides is 1. The molecule has 1 amide bonds. The maximum atomic E-state index is 12.1. The van der Waals surface area contributed by atoms with E-state index in [1.807, 2.05) is 6.26 Å². The van der Waals surface area contributed by atoms with E-state index >= 15 is 0 Å². The average Bonchev–Trinajstić information content (AvgIpc) is 2.42. The highest BCUT2D eigenvalue weighted by atomic mass is 35.5. The Hall–Kier alpha value is -1.50. The molecule has 1 aromatic carbocycles. The molecule has 1 heterocycles. The van der Waals surface area contributed by atoms with E-state index in [4.69, 9.17) is 23.2 Å². The van der Waals surface area contributed by atoms with E-state index < -0.39 is 5.91 Å². The van der Waals surface area contributed by atoms with Crippen LogP contribution in [0.2, 0.25) is 10.0 Å². The summed E-state index contributed by atoms with van der Waals surface area (Å²) in [5.74, 6) is 0.486. The summed E-state index contributed by atoms with van der Waals surface area (Å²) in [6.07, 6.45) is 1.88. The smallest absolute Gasteiger partial charge is 0.274 e. The fourth-order valence-corrected chi connectivity index (χ4v) is 2.31. The van der Waals surface area contributed by atoms with Crippen LogP contribution < -0.4 is 10.9 Å². The fraction of sp³-hybridized carbons (Fsp3) is 0.154. The summed E-state index contributed by atoms with van der Waals surface area (Å²) in [6.45, 7) is 0. The largest absolute Gasteiger partial charge is 0.321 e. The van der Waals surface area contributed by atoms with Crippen molar-refractivity contribution >= 4 is 46.6 Å². The summed E-state index contributed by atoms with van der Waals surface area (Å²) in [5, 5.41) is 3.34. The molecular weight excluding hydrogens is 333 g/mol. The monoisotopic (exact) mass is 343 g/mol. The molecule has 2 N–H and O–H groups in total. The highest BCUT2D eigenvalue weighted by Gasteiger charge is 2.11. The second-order valence-corrected chi connectivity index (χ2v) is 5.77. The van der Waals surface area contributed by atoms with Gasteiger partial charge in [-0.3, -0.25) is 9.59 Å². The maximum absolute atomic E-state index is 12.1. The van der Waals surface area contributed by atoms with Gasteiger partial charge in [-0.25, -0.2) is 4.98 Å². The SMILES string of the molecule is CSCc1nc(C(=O)Nc2ccc(Cl)c(Cl)c2)cc(=O)[nH]1. The van der Waals surface area contributed by atoms with Crippen molar-refractivity contribution in [2.24, 2.45) is 0 Å². The highest BCUT2D eigenvalue weighted by Crippen LogP contribution is 2.25. The van der Waals surface area contributed by atoms with Gasteiger partial charge in [0.05, 0.1) is 15.8 Å². The quantitative estimate of drug-likeness (QED) is 0.893. The number of nitrogens with zero attached hydrogens (tertiary/aromatic N) is 1. The molecule has 0 bridgehead atoms. The molecule has 0 fully saturated rings. The number of hydrogen-bond acceptors (Lipinski definition) is 4. The van der Waals surface area contributed by atoms with Gasteiger partial charge in [-0.1, -0.05) is 23.2 Å². The van der Waals surface area contributed by atoms with Gasteiger partial charge in [-0.2, -0.15) is 11.8 Å². The number of benzene rings is 1. The molecule has 0 aliphatic rings. The van der Waals surface area contributed by atoms with Crippen LogP contribution in [0, 0.1) is 0 Å². The van der Waals surface area contributed by atoms with Gasteiger partial charge in [0.15, 0.2) is 0 Å². The molecule has 2 aromatic rings. The maximum Gasteiger partial charge on any atom is 0.274 e. The molecule has 8 heteroatoms. The minimum Gasteiger partial charge on any atom is -0.321 e. The molecule has 0 aliphatic heterocycles. The Morgan fingerprint density at radius 1 is 1.33 bits per heavy atom. The Labute approximate surface area is 135 Å². The van der Waals surface area contributed by atoms with Crippen LogP contribution in [0.25, 0.3) is 0 Å². The third kappa shape index (κ3) is 4.23. The lowest BCUT2D eigenvalue weighted by atomic mass is 10.3. The number of carbonyl (C=O) groups excluding carboxylic acids is 1. The Balaban J connectivity index is 2.23. The van der Waals surface area contributed by atoms with E-state index in [-0.39, 0.29) is 11.3 Å². The van der Waals surface area contributed by atoms with Gasteiger partial charge in [0.2, 0.25) is 0 Å². The molecular formula is C13H11Cl2N3O2S. The molecule has 21 heavy (non-hydrogen) atoms. The fourth-order valence-electron chi connectivity index (χ4n) is 1.60. The van der Waals surface area contributed by atoms with Crippen molar-refractivity contribution in [1.29, 1.82) is 0 Å². The lowest BCUT2D eigenvalue weighted by molar-refractivity contribution is 0.102. The third-order valence-corrected chi connectivity index (χ3v) is 3.78. The van der Waals surface area contributed by atoms with Crippen LogP contribution >= 0.6 is 35.0 Å². The number of nitrogens with one attached hydrogen (secondary N) is 2. The van der Waals surface area contributed by atoms with Crippen molar-refractivity contribution in [3.05, 3.63) is 56.2 Å². The van der Waals surface area contributed by atoms with Gasteiger partial charge in [-0.15, -0.1) is 0 Å². The molecule has 2 rings (SSSR count). The minimum atomic E-state index is -0.484. The predicted molar refractivity (Wildman–Crippen MR) is 86.5 cm³/mol. The van der Waals surface area contributed by atoms with Crippen LogP contribution in [0.3, 0.4) is 0 Å². The second kappa shape index (κ2) is 6.98. The van der Waals surface area contributed by atoms with E-state index in [0.717, 1.165) is 6.07 Å². The van der Waals surface area contributed by atoms with Crippen LogP contribution in [0.4, 0.5) is 5.69 Å². The van der Waals surface area contributed by atoms with Crippen molar-refractivity contribution in [1.82, 2.24) is 9.97 Å². The predicted octanol–water partition coefficient (Wildman–Crippen LogP) is 3.19. The Kier molecular flexibility index (Phi) is 5.27. The minimum absolute atomic E-state index is 0.0499. The number of carbonyl (C=O) groups is 1. The van der Waals surface area contributed by atoms with E-state index in [9.17, 15) is 9.59 Å². The normalized spacial score (nSPS) is 10.4. The van der Waals surface area contributed by atoms with Crippen LogP contribution in [-0.4, -0.2) is 22.1 Å². The lowest BCUT2D eigenvalue weighted by Gasteiger charge is -2.06. The molecule has 0 saturated carbocycles. The zero-order valence-corrected chi connectivity index (χ0v) is 13.3. The van der Waals surface area contributed by atoms with Crippen LogP contribution in [0.15, 0.2) is 29.1 Å². The van der Waals surface area contributed by atoms with Crippen molar-refractivity contribution < 1.29 is 4.79 Å². The molecule has 0 aliphatic carbocycles. The summed E-state index contributed by atoms with van der Waals surface area (Å²) in [4.78, 5) is 30.3. The molecule has 110 valence electrons. The first kappa shape index (κ1) is 15.9. The molecule has 0 spiro atoms. The van der Waals surface area contributed by atoms with Gasteiger partial charge in [0.1, 0.15) is 11.5 Å². The molecule has 0 radical (unpaired) electrons. The Morgan fingerprint density at radius 3 is 2.76 bits per heavy atom. The van der Waals surface area contributed by atoms with E-state index in [1.165, 1.54) is 17.8 Å². The van der Waals surface area contributed by atoms with Gasteiger partial charge < -0.3 is 10.3 Å².